The van der Waals surface area contributed by atoms with Crippen LogP contribution in [-0.4, -0.2) is 17.4 Å². The fourth-order valence-corrected chi connectivity index (χ4v) is 3.91. The van der Waals surface area contributed by atoms with Crippen molar-refractivity contribution in [2.75, 3.05) is 11.9 Å². The van der Waals surface area contributed by atoms with Crippen LogP contribution < -0.4 is 14.8 Å². The molecule has 36 heavy (non-hydrogen) atoms. The Balaban J connectivity index is 1.87. The number of aryl methyl sites for hydroxylation is 1. The molecule has 3 aromatic carbocycles. The average Bonchev–Trinajstić information content (AvgIpc) is 2.84. The van der Waals surface area contributed by atoms with Crippen molar-refractivity contribution in [2.45, 2.75) is 20.5 Å². The molecule has 0 radical (unpaired) electrons. The summed E-state index contributed by atoms with van der Waals surface area (Å²) in [6, 6.07) is 16.8. The predicted octanol–water partition coefficient (Wildman–Crippen LogP) is 6.84. The second-order valence-electron chi connectivity index (χ2n) is 7.58. The molecule has 0 aliphatic carbocycles. The van der Waals surface area contributed by atoms with Crippen molar-refractivity contribution >= 4 is 50.9 Å². The first-order valence-electron chi connectivity index (χ1n) is 10.7. The van der Waals surface area contributed by atoms with Crippen molar-refractivity contribution in [1.29, 1.82) is 5.26 Å². The van der Waals surface area contributed by atoms with Gasteiger partial charge in [0.25, 0.3) is 11.6 Å². The minimum atomic E-state index is -0.776. The molecule has 0 saturated carbocycles. The van der Waals surface area contributed by atoms with Gasteiger partial charge < -0.3 is 14.8 Å². The number of nitro groups is 1. The normalized spacial score (nSPS) is 10.9. The monoisotopic (exact) mass is 569 g/mol. The SMILES string of the molecule is CCOc1cc(/C=C(\C#N)C(=O)Nc2ccc(C)cc2[N+](=O)[O-])cc(Br)c1OCc1ccc(Cl)cc1. The van der Waals surface area contributed by atoms with Crippen LogP contribution in [0.15, 0.2) is 64.6 Å². The maximum Gasteiger partial charge on any atom is 0.293 e. The lowest BCUT2D eigenvalue weighted by atomic mass is 10.1. The number of ether oxygens (including phenoxy) is 2. The molecule has 0 atom stereocenters. The molecule has 0 aromatic heterocycles. The topological polar surface area (TPSA) is 114 Å². The standard InChI is InChI=1S/C26H21BrClN3O5/c1-3-35-24-13-18(12-21(27)25(24)36-15-17-5-7-20(28)8-6-17)11-19(14-29)26(32)30-22-9-4-16(2)10-23(22)31(33)34/h4-13H,3,15H2,1-2H3,(H,30,32)/b19-11+. The fourth-order valence-electron chi connectivity index (χ4n) is 3.21. The molecule has 0 unspecified atom stereocenters. The molecule has 1 amide bonds. The summed E-state index contributed by atoms with van der Waals surface area (Å²) in [5.41, 5.74) is 1.57. The number of nitrogens with zero attached hydrogens (tertiary/aromatic N) is 2. The van der Waals surface area contributed by atoms with E-state index in [0.717, 1.165) is 5.56 Å². The highest BCUT2D eigenvalue weighted by atomic mass is 79.9. The van der Waals surface area contributed by atoms with E-state index < -0.39 is 10.8 Å². The van der Waals surface area contributed by atoms with Crippen LogP contribution in [0.5, 0.6) is 11.5 Å². The van der Waals surface area contributed by atoms with E-state index in [9.17, 15) is 20.2 Å². The summed E-state index contributed by atoms with van der Waals surface area (Å²) in [6.07, 6.45) is 1.37. The fraction of sp³-hybridized carbons (Fsp3) is 0.154. The minimum absolute atomic E-state index is 0.00103. The van der Waals surface area contributed by atoms with Gasteiger partial charge in [-0.05, 0) is 82.9 Å². The Morgan fingerprint density at radius 3 is 2.56 bits per heavy atom. The first kappa shape index (κ1) is 26.7. The largest absolute Gasteiger partial charge is 0.490 e. The van der Waals surface area contributed by atoms with Crippen LogP contribution in [0.4, 0.5) is 11.4 Å². The summed E-state index contributed by atoms with van der Waals surface area (Å²) in [6.45, 7) is 4.16. The van der Waals surface area contributed by atoms with Crippen LogP contribution in [-0.2, 0) is 11.4 Å². The molecule has 184 valence electrons. The number of halogens is 2. The lowest BCUT2D eigenvalue weighted by molar-refractivity contribution is -0.384. The van der Waals surface area contributed by atoms with Crippen LogP contribution in [0.1, 0.15) is 23.6 Å². The molecule has 10 heteroatoms. The Bertz CT molecular complexity index is 1370. The Labute approximate surface area is 221 Å². The van der Waals surface area contributed by atoms with Crippen LogP contribution in [0.2, 0.25) is 5.02 Å². The van der Waals surface area contributed by atoms with E-state index in [0.29, 0.717) is 38.7 Å². The Morgan fingerprint density at radius 1 is 1.19 bits per heavy atom. The number of hydrogen-bond acceptors (Lipinski definition) is 6. The molecule has 0 saturated heterocycles. The Hall–Kier alpha value is -3.87. The van der Waals surface area contributed by atoms with Crippen molar-refractivity contribution in [3.05, 3.63) is 96.5 Å². The zero-order valence-electron chi connectivity index (χ0n) is 19.4. The van der Waals surface area contributed by atoms with Gasteiger partial charge in [0.2, 0.25) is 0 Å². The third-order valence-corrected chi connectivity index (χ3v) is 5.74. The van der Waals surface area contributed by atoms with E-state index in [-0.39, 0.29) is 23.6 Å². The molecule has 3 aromatic rings. The second kappa shape index (κ2) is 12.2. The van der Waals surface area contributed by atoms with E-state index in [1.807, 2.05) is 25.1 Å². The third kappa shape index (κ3) is 6.84. The Morgan fingerprint density at radius 2 is 1.92 bits per heavy atom. The molecule has 0 aliphatic heterocycles. The summed E-state index contributed by atoms with van der Waals surface area (Å²) < 4.78 is 12.2. The molecule has 3 rings (SSSR count). The van der Waals surface area contributed by atoms with E-state index >= 15 is 0 Å². The molecule has 0 spiro atoms. The summed E-state index contributed by atoms with van der Waals surface area (Å²) in [5.74, 6) is 0.0998. The van der Waals surface area contributed by atoms with Gasteiger partial charge in [-0.25, -0.2) is 0 Å². The molecular weight excluding hydrogens is 550 g/mol. The summed E-state index contributed by atoms with van der Waals surface area (Å²) >= 11 is 9.41. The lowest BCUT2D eigenvalue weighted by Gasteiger charge is -2.15. The summed E-state index contributed by atoms with van der Waals surface area (Å²) in [5, 5.41) is 24.0. The van der Waals surface area contributed by atoms with Crippen molar-refractivity contribution in [2.24, 2.45) is 0 Å². The number of nitrogens with one attached hydrogen (secondary N) is 1. The van der Waals surface area contributed by atoms with Gasteiger partial charge in [0.1, 0.15) is 23.9 Å². The molecule has 0 fully saturated rings. The number of amides is 1. The third-order valence-electron chi connectivity index (χ3n) is 4.90. The number of carbonyl (C=O) groups is 1. The van der Waals surface area contributed by atoms with E-state index in [1.165, 1.54) is 18.2 Å². The predicted molar refractivity (Wildman–Crippen MR) is 141 cm³/mol. The number of anilines is 1. The van der Waals surface area contributed by atoms with E-state index in [4.69, 9.17) is 21.1 Å². The van der Waals surface area contributed by atoms with Crippen LogP contribution in [0.3, 0.4) is 0 Å². The first-order valence-corrected chi connectivity index (χ1v) is 11.9. The quantitative estimate of drug-likeness (QED) is 0.130. The van der Waals surface area contributed by atoms with Gasteiger partial charge >= 0.3 is 0 Å². The number of rotatable bonds is 9. The number of benzene rings is 3. The second-order valence-corrected chi connectivity index (χ2v) is 8.87. The lowest BCUT2D eigenvalue weighted by Crippen LogP contribution is -2.14. The maximum atomic E-state index is 12.8. The van der Waals surface area contributed by atoms with Gasteiger partial charge in [0.05, 0.1) is 16.0 Å². The number of hydrogen-bond donors (Lipinski definition) is 1. The van der Waals surface area contributed by atoms with Crippen LogP contribution >= 0.6 is 27.5 Å². The van der Waals surface area contributed by atoms with Crippen molar-refractivity contribution in [3.8, 4) is 17.6 Å². The van der Waals surface area contributed by atoms with Crippen LogP contribution in [0, 0.1) is 28.4 Å². The van der Waals surface area contributed by atoms with Crippen molar-refractivity contribution in [1.82, 2.24) is 0 Å². The van der Waals surface area contributed by atoms with E-state index in [2.05, 4.69) is 21.2 Å². The maximum absolute atomic E-state index is 12.8. The number of nitriles is 1. The van der Waals surface area contributed by atoms with E-state index in [1.54, 1.807) is 37.3 Å². The minimum Gasteiger partial charge on any atom is -0.490 e. The Kier molecular flexibility index (Phi) is 9.06. The molecule has 0 heterocycles. The summed E-state index contributed by atoms with van der Waals surface area (Å²) in [7, 11) is 0. The summed E-state index contributed by atoms with van der Waals surface area (Å²) in [4.78, 5) is 23.5. The van der Waals surface area contributed by atoms with Gasteiger partial charge in [-0.15, -0.1) is 0 Å². The van der Waals surface area contributed by atoms with Gasteiger partial charge in [-0.1, -0.05) is 29.8 Å². The highest BCUT2D eigenvalue weighted by molar-refractivity contribution is 9.10. The first-order chi connectivity index (χ1) is 17.2. The number of carbonyl (C=O) groups excluding carboxylic acids is 1. The van der Waals surface area contributed by atoms with Crippen molar-refractivity contribution in [3.63, 3.8) is 0 Å². The molecular formula is C26H21BrClN3O5. The van der Waals surface area contributed by atoms with Crippen molar-refractivity contribution < 1.29 is 19.2 Å². The van der Waals surface area contributed by atoms with Gasteiger partial charge in [-0.3, -0.25) is 14.9 Å². The zero-order valence-corrected chi connectivity index (χ0v) is 21.7. The highest BCUT2D eigenvalue weighted by Crippen LogP contribution is 2.38. The molecule has 0 aliphatic rings. The smallest absolute Gasteiger partial charge is 0.293 e. The molecule has 0 bridgehead atoms. The van der Waals surface area contributed by atoms with Gasteiger partial charge in [0, 0.05) is 11.1 Å². The van der Waals surface area contributed by atoms with Gasteiger partial charge in [0.15, 0.2) is 11.5 Å². The molecule has 8 nitrogen and oxygen atoms in total. The average molecular weight is 571 g/mol. The molecule has 1 N–H and O–H groups in total. The van der Waals surface area contributed by atoms with Crippen LogP contribution in [0.25, 0.3) is 6.08 Å². The number of nitro benzene ring substituents is 1. The van der Waals surface area contributed by atoms with Gasteiger partial charge in [-0.2, -0.15) is 5.26 Å². The highest BCUT2D eigenvalue weighted by Gasteiger charge is 2.19. The zero-order chi connectivity index (χ0) is 26.2.